The Kier molecular flexibility index (Phi) is 6.47. The van der Waals surface area contributed by atoms with Crippen molar-refractivity contribution in [2.75, 3.05) is 11.9 Å². The van der Waals surface area contributed by atoms with Crippen LogP contribution in [-0.2, 0) is 9.53 Å². The molecule has 0 unspecified atom stereocenters. The highest BCUT2D eigenvalue weighted by Crippen LogP contribution is 2.29. The first-order valence-corrected chi connectivity index (χ1v) is 9.64. The van der Waals surface area contributed by atoms with Crippen molar-refractivity contribution in [1.29, 1.82) is 0 Å². The van der Waals surface area contributed by atoms with E-state index >= 15 is 0 Å². The third-order valence-electron chi connectivity index (χ3n) is 4.11. The van der Waals surface area contributed by atoms with E-state index in [2.05, 4.69) is 10.4 Å². The molecule has 2 aromatic carbocycles. The van der Waals surface area contributed by atoms with Crippen molar-refractivity contribution in [3.05, 3.63) is 74.5 Å². The van der Waals surface area contributed by atoms with Crippen LogP contribution >= 0.6 is 34.8 Å². The van der Waals surface area contributed by atoms with Crippen molar-refractivity contribution >= 4 is 52.4 Å². The number of para-hydroxylation sites is 1. The zero-order valence-electron chi connectivity index (χ0n) is 15.5. The van der Waals surface area contributed by atoms with E-state index < -0.39 is 18.5 Å². The second-order valence-corrected chi connectivity index (χ2v) is 7.36. The van der Waals surface area contributed by atoms with E-state index in [9.17, 15) is 9.59 Å². The van der Waals surface area contributed by atoms with Crippen LogP contribution in [0, 0.1) is 13.8 Å². The number of hydrogen-bond acceptors (Lipinski definition) is 4. The molecule has 0 fully saturated rings. The van der Waals surface area contributed by atoms with Gasteiger partial charge in [0.25, 0.3) is 5.91 Å². The van der Waals surface area contributed by atoms with Gasteiger partial charge in [-0.1, -0.05) is 40.9 Å². The van der Waals surface area contributed by atoms with Gasteiger partial charge in [-0.25, -0.2) is 9.48 Å². The van der Waals surface area contributed by atoms with Crippen LogP contribution in [0.5, 0.6) is 0 Å². The molecule has 1 aromatic heterocycles. The number of nitrogens with zero attached hydrogens (tertiary/aromatic N) is 2. The molecule has 1 amide bonds. The maximum Gasteiger partial charge on any atom is 0.338 e. The van der Waals surface area contributed by atoms with E-state index in [1.165, 1.54) is 0 Å². The number of esters is 1. The number of rotatable bonds is 5. The summed E-state index contributed by atoms with van der Waals surface area (Å²) in [6.07, 6.45) is 0. The van der Waals surface area contributed by atoms with E-state index in [4.69, 9.17) is 39.5 Å². The highest BCUT2D eigenvalue weighted by Gasteiger charge is 2.15. The standard InChI is InChI=1S/C20H16Cl3N3O3/c1-11-18(23)12(2)26(25-11)14-8-6-13(7-9-14)20(28)29-10-17(27)24-19-15(21)4-3-5-16(19)22/h3-9H,10H2,1-2H3,(H,24,27). The molecule has 0 aliphatic rings. The van der Waals surface area contributed by atoms with E-state index in [1.54, 1.807) is 47.1 Å². The number of amides is 1. The smallest absolute Gasteiger partial charge is 0.338 e. The number of halogens is 3. The Balaban J connectivity index is 1.62. The molecule has 0 atom stereocenters. The summed E-state index contributed by atoms with van der Waals surface area (Å²) >= 11 is 18.2. The van der Waals surface area contributed by atoms with Gasteiger partial charge in [-0.05, 0) is 50.2 Å². The molecule has 29 heavy (non-hydrogen) atoms. The molecule has 0 aliphatic carbocycles. The molecule has 1 heterocycles. The molecule has 0 bridgehead atoms. The minimum Gasteiger partial charge on any atom is -0.452 e. The summed E-state index contributed by atoms with van der Waals surface area (Å²) in [7, 11) is 0. The third-order valence-corrected chi connectivity index (χ3v) is 5.29. The summed E-state index contributed by atoms with van der Waals surface area (Å²) in [4.78, 5) is 24.2. The normalized spacial score (nSPS) is 10.7. The second kappa shape index (κ2) is 8.86. The summed E-state index contributed by atoms with van der Waals surface area (Å²) in [6.45, 7) is 3.20. The number of nitrogens with one attached hydrogen (secondary N) is 1. The predicted octanol–water partition coefficient (Wildman–Crippen LogP) is 5.24. The van der Waals surface area contributed by atoms with Crippen molar-refractivity contribution in [2.45, 2.75) is 13.8 Å². The first-order chi connectivity index (χ1) is 13.8. The number of carbonyl (C=O) groups is 2. The maximum atomic E-state index is 12.2. The van der Waals surface area contributed by atoms with E-state index in [0.29, 0.717) is 10.6 Å². The molecule has 3 aromatic rings. The topological polar surface area (TPSA) is 73.2 Å². The molecule has 0 saturated carbocycles. The van der Waals surface area contributed by atoms with Crippen molar-refractivity contribution in [3.8, 4) is 5.69 Å². The van der Waals surface area contributed by atoms with Crippen LogP contribution in [0.1, 0.15) is 21.7 Å². The van der Waals surface area contributed by atoms with Crippen LogP contribution in [0.3, 0.4) is 0 Å². The van der Waals surface area contributed by atoms with Gasteiger partial charge in [0.15, 0.2) is 6.61 Å². The lowest BCUT2D eigenvalue weighted by Gasteiger charge is -2.10. The average molecular weight is 453 g/mol. The van der Waals surface area contributed by atoms with E-state index in [0.717, 1.165) is 17.1 Å². The molecule has 1 N–H and O–H groups in total. The fourth-order valence-corrected chi connectivity index (χ4v) is 3.23. The van der Waals surface area contributed by atoms with Crippen LogP contribution in [0.15, 0.2) is 42.5 Å². The van der Waals surface area contributed by atoms with Crippen LogP contribution < -0.4 is 5.32 Å². The number of benzene rings is 2. The molecule has 0 spiro atoms. The monoisotopic (exact) mass is 451 g/mol. The van der Waals surface area contributed by atoms with Crippen LogP contribution in [0.4, 0.5) is 5.69 Å². The molecule has 0 radical (unpaired) electrons. The van der Waals surface area contributed by atoms with Crippen molar-refractivity contribution in [3.63, 3.8) is 0 Å². The van der Waals surface area contributed by atoms with Gasteiger partial charge >= 0.3 is 5.97 Å². The largest absolute Gasteiger partial charge is 0.452 e. The number of aryl methyl sites for hydroxylation is 1. The number of hydrogen-bond donors (Lipinski definition) is 1. The number of anilines is 1. The lowest BCUT2D eigenvalue weighted by molar-refractivity contribution is -0.119. The SMILES string of the molecule is Cc1nn(-c2ccc(C(=O)OCC(=O)Nc3c(Cl)cccc3Cl)cc2)c(C)c1Cl. The molecule has 0 aliphatic heterocycles. The Morgan fingerprint density at radius 2 is 1.66 bits per heavy atom. The van der Waals surface area contributed by atoms with Crippen LogP contribution in [0.25, 0.3) is 5.69 Å². The molecule has 6 nitrogen and oxygen atoms in total. The first-order valence-electron chi connectivity index (χ1n) is 8.51. The van der Waals surface area contributed by atoms with E-state index in [-0.39, 0.29) is 15.7 Å². The minimum absolute atomic E-state index is 0.268. The number of ether oxygens (including phenoxy) is 1. The minimum atomic E-state index is -0.636. The van der Waals surface area contributed by atoms with Gasteiger partial charge in [0.2, 0.25) is 0 Å². The fraction of sp³-hybridized carbons (Fsp3) is 0.150. The summed E-state index contributed by atoms with van der Waals surface area (Å²) in [6, 6.07) is 11.4. The van der Waals surface area contributed by atoms with Gasteiger partial charge in [-0.2, -0.15) is 5.10 Å². The maximum absolute atomic E-state index is 12.2. The fourth-order valence-electron chi connectivity index (χ4n) is 2.62. The Hall–Kier alpha value is -2.54. The van der Waals surface area contributed by atoms with Crippen LogP contribution in [-0.4, -0.2) is 28.3 Å². The molecule has 150 valence electrons. The van der Waals surface area contributed by atoms with Gasteiger partial charge in [0, 0.05) is 0 Å². The Labute approximate surface area is 182 Å². The quantitative estimate of drug-likeness (QED) is 0.537. The summed E-state index contributed by atoms with van der Waals surface area (Å²) < 4.78 is 6.74. The Bertz CT molecular complexity index is 1060. The van der Waals surface area contributed by atoms with Gasteiger partial charge < -0.3 is 10.1 Å². The van der Waals surface area contributed by atoms with E-state index in [1.807, 2.05) is 13.8 Å². The van der Waals surface area contributed by atoms with Crippen molar-refractivity contribution < 1.29 is 14.3 Å². The summed E-state index contributed by atoms with van der Waals surface area (Å²) in [5.41, 5.74) is 2.83. The molecule has 0 saturated heterocycles. The highest BCUT2D eigenvalue weighted by molar-refractivity contribution is 6.39. The van der Waals surface area contributed by atoms with Gasteiger partial charge in [-0.15, -0.1) is 0 Å². The van der Waals surface area contributed by atoms with Crippen molar-refractivity contribution in [1.82, 2.24) is 9.78 Å². The summed E-state index contributed by atoms with van der Waals surface area (Å²) in [5, 5.41) is 8.06. The zero-order valence-corrected chi connectivity index (χ0v) is 17.8. The molecular weight excluding hydrogens is 437 g/mol. The zero-order chi connectivity index (χ0) is 21.1. The number of aromatic nitrogens is 2. The summed E-state index contributed by atoms with van der Waals surface area (Å²) in [5.74, 6) is -1.19. The Morgan fingerprint density at radius 1 is 1.03 bits per heavy atom. The number of carbonyl (C=O) groups excluding carboxylic acids is 2. The van der Waals surface area contributed by atoms with Gasteiger partial charge in [-0.3, -0.25) is 4.79 Å². The average Bonchev–Trinajstić information content (AvgIpc) is 2.96. The molecule has 9 heteroatoms. The highest BCUT2D eigenvalue weighted by atomic mass is 35.5. The molecule has 3 rings (SSSR count). The first kappa shape index (κ1) is 21.2. The lowest BCUT2D eigenvalue weighted by Crippen LogP contribution is -2.21. The van der Waals surface area contributed by atoms with Crippen molar-refractivity contribution in [2.24, 2.45) is 0 Å². The third kappa shape index (κ3) is 4.72. The predicted molar refractivity (Wildman–Crippen MR) is 113 cm³/mol. The Morgan fingerprint density at radius 3 is 2.21 bits per heavy atom. The van der Waals surface area contributed by atoms with Gasteiger partial charge in [0.05, 0.1) is 43.4 Å². The second-order valence-electron chi connectivity index (χ2n) is 6.16. The lowest BCUT2D eigenvalue weighted by atomic mass is 10.2. The molecular formula is C20H16Cl3N3O3. The van der Waals surface area contributed by atoms with Gasteiger partial charge in [0.1, 0.15) is 0 Å². The van der Waals surface area contributed by atoms with Crippen LogP contribution in [0.2, 0.25) is 15.1 Å².